The lowest BCUT2D eigenvalue weighted by Crippen LogP contribution is -2.12. The molecular weight excluding hydrogens is 252 g/mol. The van der Waals surface area contributed by atoms with Crippen molar-refractivity contribution >= 4 is 12.3 Å². The van der Waals surface area contributed by atoms with Crippen LogP contribution < -0.4 is 11.1 Å². The minimum absolute atomic E-state index is 0.333. The number of hydrogen-bond donors (Lipinski definition) is 2. The van der Waals surface area contributed by atoms with E-state index in [2.05, 4.69) is 41.9 Å². The SMILES string of the molecule is C=C(C)CNC=O.CC(N)=O.c1ccc2c(c1)CCC2. The Kier molecular flexibility index (Phi) is 9.66. The quantitative estimate of drug-likeness (QED) is 0.654. The second kappa shape index (κ2) is 10.8. The molecule has 4 nitrogen and oxygen atoms in total. The van der Waals surface area contributed by atoms with Crippen LogP contribution in [0, 0.1) is 0 Å². The minimum Gasteiger partial charge on any atom is -0.370 e. The highest BCUT2D eigenvalue weighted by Gasteiger charge is 2.07. The Morgan fingerprint density at radius 1 is 1.30 bits per heavy atom. The molecule has 0 unspecified atom stereocenters. The maximum atomic E-state index is 9.56. The number of hydrogen-bond acceptors (Lipinski definition) is 2. The van der Waals surface area contributed by atoms with Crippen molar-refractivity contribution in [2.45, 2.75) is 33.1 Å². The number of aryl methyl sites for hydroxylation is 2. The summed E-state index contributed by atoms with van der Waals surface area (Å²) in [6, 6.07) is 8.74. The summed E-state index contributed by atoms with van der Waals surface area (Å²) in [6.07, 6.45) is 4.63. The fraction of sp³-hybridized carbons (Fsp3) is 0.375. The molecule has 2 rings (SSSR count). The third kappa shape index (κ3) is 9.88. The monoisotopic (exact) mass is 276 g/mol. The molecule has 0 saturated carbocycles. The Bertz CT molecular complexity index is 415. The normalized spacial score (nSPS) is 10.9. The Morgan fingerprint density at radius 2 is 1.75 bits per heavy atom. The van der Waals surface area contributed by atoms with E-state index in [1.165, 1.54) is 26.2 Å². The van der Waals surface area contributed by atoms with Crippen molar-refractivity contribution in [3.05, 3.63) is 47.5 Å². The van der Waals surface area contributed by atoms with E-state index in [4.69, 9.17) is 0 Å². The molecule has 1 aromatic rings. The second-order valence-electron chi connectivity index (χ2n) is 4.69. The number of nitrogens with one attached hydrogen (secondary N) is 1. The molecule has 2 amide bonds. The highest BCUT2D eigenvalue weighted by atomic mass is 16.1. The van der Waals surface area contributed by atoms with Crippen LogP contribution in [-0.2, 0) is 22.4 Å². The molecular formula is C16H24N2O2. The van der Waals surface area contributed by atoms with Crippen LogP contribution in [0.15, 0.2) is 36.4 Å². The van der Waals surface area contributed by atoms with Gasteiger partial charge in [-0.3, -0.25) is 9.59 Å². The molecule has 0 atom stereocenters. The summed E-state index contributed by atoms with van der Waals surface area (Å²) < 4.78 is 0. The number of primary amides is 1. The molecule has 0 radical (unpaired) electrons. The molecule has 0 bridgehead atoms. The second-order valence-corrected chi connectivity index (χ2v) is 4.69. The third-order valence-corrected chi connectivity index (χ3v) is 2.50. The van der Waals surface area contributed by atoms with Gasteiger partial charge in [0.25, 0.3) is 0 Å². The first-order valence-corrected chi connectivity index (χ1v) is 6.61. The zero-order valence-electron chi connectivity index (χ0n) is 12.3. The largest absolute Gasteiger partial charge is 0.370 e. The first kappa shape index (κ1) is 17.9. The Labute approximate surface area is 121 Å². The van der Waals surface area contributed by atoms with Gasteiger partial charge in [0.15, 0.2) is 0 Å². The molecule has 0 heterocycles. The lowest BCUT2D eigenvalue weighted by molar-refractivity contribution is -0.116. The van der Waals surface area contributed by atoms with E-state index in [-0.39, 0.29) is 5.91 Å². The summed E-state index contributed by atoms with van der Waals surface area (Å²) in [5.74, 6) is -0.333. The number of fused-ring (bicyclic) bond motifs is 1. The maximum absolute atomic E-state index is 9.56. The lowest BCUT2D eigenvalue weighted by Gasteiger charge is -1.93. The van der Waals surface area contributed by atoms with Crippen molar-refractivity contribution in [1.29, 1.82) is 0 Å². The van der Waals surface area contributed by atoms with E-state index in [9.17, 15) is 9.59 Å². The maximum Gasteiger partial charge on any atom is 0.214 e. The van der Waals surface area contributed by atoms with E-state index < -0.39 is 0 Å². The fourth-order valence-corrected chi connectivity index (χ4v) is 1.73. The van der Waals surface area contributed by atoms with Crippen molar-refractivity contribution in [1.82, 2.24) is 5.32 Å². The number of carbonyl (C=O) groups is 2. The summed E-state index contributed by atoms with van der Waals surface area (Å²) in [4.78, 5) is 18.8. The van der Waals surface area contributed by atoms with E-state index in [0.29, 0.717) is 13.0 Å². The average molecular weight is 276 g/mol. The standard InChI is InChI=1S/C9H10.C5H9NO.C2H5NO/c1-2-5-9-7-3-6-8(9)4-1;1-5(2)3-6-4-7;1-2(3)4/h1-2,4-5H,3,6-7H2;4H,1,3H2,2H3,(H,6,7);1H3,(H2,3,4). The van der Waals surface area contributed by atoms with Gasteiger partial charge >= 0.3 is 0 Å². The van der Waals surface area contributed by atoms with Crippen molar-refractivity contribution in [3.63, 3.8) is 0 Å². The van der Waals surface area contributed by atoms with Crippen LogP contribution in [0.5, 0.6) is 0 Å². The molecule has 1 aromatic carbocycles. The molecule has 110 valence electrons. The Hall–Kier alpha value is -2.10. The number of nitrogens with two attached hydrogens (primary N) is 1. The predicted octanol–water partition coefficient (Wildman–Crippen LogP) is 1.98. The van der Waals surface area contributed by atoms with Gasteiger partial charge < -0.3 is 11.1 Å². The zero-order valence-corrected chi connectivity index (χ0v) is 12.3. The van der Waals surface area contributed by atoms with Gasteiger partial charge in [0.1, 0.15) is 0 Å². The van der Waals surface area contributed by atoms with Gasteiger partial charge in [-0.2, -0.15) is 0 Å². The summed E-state index contributed by atoms with van der Waals surface area (Å²) in [5, 5.41) is 2.47. The topological polar surface area (TPSA) is 72.2 Å². The molecule has 0 aromatic heterocycles. The van der Waals surface area contributed by atoms with Crippen molar-refractivity contribution < 1.29 is 9.59 Å². The number of carbonyl (C=O) groups excluding carboxylic acids is 2. The fourth-order valence-electron chi connectivity index (χ4n) is 1.73. The molecule has 1 aliphatic carbocycles. The van der Waals surface area contributed by atoms with Gasteiger partial charge in [-0.25, -0.2) is 0 Å². The van der Waals surface area contributed by atoms with E-state index in [0.717, 1.165) is 5.57 Å². The summed E-state index contributed by atoms with van der Waals surface area (Å²) in [7, 11) is 0. The van der Waals surface area contributed by atoms with E-state index >= 15 is 0 Å². The van der Waals surface area contributed by atoms with E-state index in [1.807, 2.05) is 6.92 Å². The third-order valence-electron chi connectivity index (χ3n) is 2.50. The molecule has 1 aliphatic rings. The van der Waals surface area contributed by atoms with Crippen LogP contribution in [0.3, 0.4) is 0 Å². The van der Waals surface area contributed by atoms with Gasteiger partial charge in [0, 0.05) is 13.5 Å². The first-order valence-electron chi connectivity index (χ1n) is 6.61. The first-order chi connectivity index (χ1) is 9.47. The summed E-state index contributed by atoms with van der Waals surface area (Å²) in [5.41, 5.74) is 8.57. The highest BCUT2D eigenvalue weighted by Crippen LogP contribution is 2.20. The molecule has 20 heavy (non-hydrogen) atoms. The molecule has 0 saturated heterocycles. The Morgan fingerprint density at radius 3 is 2.05 bits per heavy atom. The van der Waals surface area contributed by atoms with Gasteiger partial charge in [0.05, 0.1) is 0 Å². The smallest absolute Gasteiger partial charge is 0.214 e. The van der Waals surface area contributed by atoms with Crippen LogP contribution in [0.4, 0.5) is 0 Å². The minimum atomic E-state index is -0.333. The van der Waals surface area contributed by atoms with Gasteiger partial charge in [0.2, 0.25) is 12.3 Å². The van der Waals surface area contributed by atoms with Gasteiger partial charge in [-0.1, -0.05) is 36.4 Å². The summed E-state index contributed by atoms with van der Waals surface area (Å²) in [6.45, 7) is 7.32. The van der Waals surface area contributed by atoms with Crippen LogP contribution in [-0.4, -0.2) is 18.9 Å². The number of amides is 2. The average Bonchev–Trinajstić information content (AvgIpc) is 2.84. The number of rotatable bonds is 3. The van der Waals surface area contributed by atoms with Crippen molar-refractivity contribution in [2.24, 2.45) is 5.73 Å². The predicted molar refractivity (Wildman–Crippen MR) is 82.2 cm³/mol. The van der Waals surface area contributed by atoms with Crippen LogP contribution in [0.2, 0.25) is 0 Å². The molecule has 0 spiro atoms. The number of benzene rings is 1. The van der Waals surface area contributed by atoms with Crippen molar-refractivity contribution in [3.8, 4) is 0 Å². The molecule has 0 fully saturated rings. The van der Waals surface area contributed by atoms with Crippen molar-refractivity contribution in [2.75, 3.05) is 6.54 Å². The highest BCUT2D eigenvalue weighted by molar-refractivity contribution is 5.70. The zero-order chi connectivity index (χ0) is 15.4. The lowest BCUT2D eigenvalue weighted by atomic mass is 10.1. The van der Waals surface area contributed by atoms with Crippen LogP contribution >= 0.6 is 0 Å². The molecule has 4 heteroatoms. The van der Waals surface area contributed by atoms with Gasteiger partial charge in [-0.05, 0) is 37.3 Å². The van der Waals surface area contributed by atoms with Gasteiger partial charge in [-0.15, -0.1) is 0 Å². The molecule has 0 aliphatic heterocycles. The van der Waals surface area contributed by atoms with Crippen LogP contribution in [0.25, 0.3) is 0 Å². The Balaban J connectivity index is 0.000000296. The van der Waals surface area contributed by atoms with Crippen LogP contribution in [0.1, 0.15) is 31.4 Å². The van der Waals surface area contributed by atoms with E-state index in [1.54, 1.807) is 11.1 Å². The summed E-state index contributed by atoms with van der Waals surface area (Å²) >= 11 is 0. The molecule has 3 N–H and O–H groups in total.